The highest BCUT2D eigenvalue weighted by Gasteiger charge is 2.18. The highest BCUT2D eigenvalue weighted by Crippen LogP contribution is 2.11. The number of aromatic nitrogens is 2. The first-order valence-corrected chi connectivity index (χ1v) is 4.36. The van der Waals surface area contributed by atoms with Crippen LogP contribution in [0.15, 0.2) is 24.3 Å². The van der Waals surface area contributed by atoms with E-state index in [1.54, 1.807) is 12.1 Å². The third-order valence-corrected chi connectivity index (χ3v) is 2.33. The maximum atomic E-state index is 11.7. The van der Waals surface area contributed by atoms with E-state index in [1.807, 2.05) is 0 Å². The van der Waals surface area contributed by atoms with E-state index in [9.17, 15) is 14.9 Å². The zero-order valence-electron chi connectivity index (χ0n) is 8.01. The lowest BCUT2D eigenvalue weighted by molar-refractivity contribution is -0.467. The molecule has 15 heavy (non-hydrogen) atoms. The molecule has 0 N–H and O–H groups in total. The van der Waals surface area contributed by atoms with Gasteiger partial charge in [0.05, 0.1) is 10.1 Å². The smallest absolute Gasteiger partial charge is 0.321 e. The molecule has 0 aliphatic heterocycles. The summed E-state index contributed by atoms with van der Waals surface area (Å²) in [4.78, 5) is 22.3. The third-order valence-electron chi connectivity index (χ3n) is 2.33. The molecule has 0 fully saturated rings. The summed E-state index contributed by atoms with van der Waals surface area (Å²) in [6, 6.07) is 6.35. The van der Waals surface area contributed by atoms with E-state index in [0.29, 0.717) is 15.4 Å². The first kappa shape index (κ1) is 9.39. The fraction of sp³-hybridized carbons (Fsp3) is 0.100. The number of para-hydroxylation sites is 2. The Balaban J connectivity index is 3.09. The Bertz CT molecular complexity index is 601. The molecule has 2 aromatic rings. The number of carbonyl (C=O) groups is 1. The van der Waals surface area contributed by atoms with Crippen molar-refractivity contribution in [1.82, 2.24) is 4.73 Å². The molecule has 0 amide bonds. The van der Waals surface area contributed by atoms with E-state index in [-0.39, 0.29) is 22.4 Å². The number of aldehydes is 1. The molecule has 0 radical (unpaired) electrons. The van der Waals surface area contributed by atoms with Crippen LogP contribution in [0.4, 0.5) is 0 Å². The van der Waals surface area contributed by atoms with Crippen molar-refractivity contribution in [1.29, 1.82) is 0 Å². The summed E-state index contributed by atoms with van der Waals surface area (Å²) >= 11 is 0. The van der Waals surface area contributed by atoms with Crippen molar-refractivity contribution in [2.45, 2.75) is 6.92 Å². The lowest BCUT2D eigenvalue weighted by Crippen LogP contribution is -2.26. The van der Waals surface area contributed by atoms with Crippen LogP contribution >= 0.6 is 0 Å². The first-order valence-electron chi connectivity index (χ1n) is 4.36. The summed E-state index contributed by atoms with van der Waals surface area (Å²) in [5.41, 5.74) is 0.415. The van der Waals surface area contributed by atoms with Crippen molar-refractivity contribution in [3.8, 4) is 0 Å². The second-order valence-electron chi connectivity index (χ2n) is 3.17. The van der Waals surface area contributed by atoms with E-state index in [1.165, 1.54) is 19.1 Å². The van der Waals surface area contributed by atoms with Crippen molar-refractivity contribution in [3.05, 3.63) is 45.8 Å². The number of nitrogens with zero attached hydrogens (tertiary/aromatic N) is 2. The zero-order chi connectivity index (χ0) is 11.0. The lowest BCUT2D eigenvalue weighted by atomic mass is 10.2. The minimum atomic E-state index is -0.149. The van der Waals surface area contributed by atoms with Crippen LogP contribution in [0.2, 0.25) is 0 Å². The number of benzene rings is 1. The minimum absolute atomic E-state index is 0.110. The maximum absolute atomic E-state index is 11.7. The van der Waals surface area contributed by atoms with Crippen molar-refractivity contribution in [2.75, 3.05) is 0 Å². The van der Waals surface area contributed by atoms with Gasteiger partial charge in [0.2, 0.25) is 6.29 Å². The molecule has 0 bridgehead atoms. The second-order valence-corrected chi connectivity index (χ2v) is 3.17. The fourth-order valence-corrected chi connectivity index (χ4v) is 1.50. The van der Waals surface area contributed by atoms with Crippen LogP contribution in [0.1, 0.15) is 16.2 Å². The van der Waals surface area contributed by atoms with Crippen LogP contribution in [0, 0.1) is 17.0 Å². The van der Waals surface area contributed by atoms with E-state index >= 15 is 0 Å². The molecule has 1 heterocycles. The monoisotopic (exact) mass is 204 g/mol. The molecule has 0 saturated heterocycles. The molecular formula is C10H8N2O3. The molecule has 0 aliphatic rings. The van der Waals surface area contributed by atoms with Gasteiger partial charge in [-0.3, -0.25) is 4.79 Å². The Kier molecular flexibility index (Phi) is 2.00. The predicted molar refractivity (Wildman–Crippen MR) is 54.2 cm³/mol. The molecule has 0 saturated carbocycles. The minimum Gasteiger partial charge on any atom is -0.805 e. The van der Waals surface area contributed by atoms with Gasteiger partial charge in [-0.2, -0.15) is 0 Å². The molecule has 5 heteroatoms. The average Bonchev–Trinajstić information content (AvgIpc) is 2.27. The quantitative estimate of drug-likeness (QED) is 0.514. The largest absolute Gasteiger partial charge is 0.805 e. The molecule has 2 rings (SSSR count). The van der Waals surface area contributed by atoms with Gasteiger partial charge in [-0.1, -0.05) is 12.1 Å². The zero-order valence-corrected chi connectivity index (χ0v) is 8.01. The molecule has 0 spiro atoms. The van der Waals surface area contributed by atoms with Crippen molar-refractivity contribution in [3.63, 3.8) is 0 Å². The summed E-state index contributed by atoms with van der Waals surface area (Å²) in [6.07, 6.45) is 0.392. The lowest BCUT2D eigenvalue weighted by Gasteiger charge is -2.14. The fourth-order valence-electron chi connectivity index (χ4n) is 1.50. The van der Waals surface area contributed by atoms with Crippen LogP contribution < -0.4 is 4.43 Å². The summed E-state index contributed by atoms with van der Waals surface area (Å²) in [7, 11) is 0. The van der Waals surface area contributed by atoms with E-state index in [4.69, 9.17) is 0 Å². The normalized spacial score (nSPS) is 10.5. The molecule has 1 aromatic carbocycles. The van der Waals surface area contributed by atoms with Crippen LogP contribution in [-0.4, -0.2) is 11.0 Å². The highest BCUT2D eigenvalue weighted by atomic mass is 16.5. The van der Waals surface area contributed by atoms with Crippen LogP contribution in [-0.2, 0) is 0 Å². The highest BCUT2D eigenvalue weighted by molar-refractivity contribution is 5.77. The first-order chi connectivity index (χ1) is 7.16. The Morgan fingerprint density at radius 2 is 2.07 bits per heavy atom. The topological polar surface area (TPSA) is 68.0 Å². The summed E-state index contributed by atoms with van der Waals surface area (Å²) in [6.45, 7) is 1.44. The molecule has 0 unspecified atom stereocenters. The van der Waals surface area contributed by atoms with Crippen LogP contribution in [0.25, 0.3) is 11.0 Å². The van der Waals surface area contributed by atoms with E-state index in [0.717, 1.165) is 0 Å². The van der Waals surface area contributed by atoms with Crippen molar-refractivity contribution < 1.29 is 9.22 Å². The van der Waals surface area contributed by atoms with Gasteiger partial charge < -0.3 is 9.94 Å². The van der Waals surface area contributed by atoms with Crippen LogP contribution in [0.5, 0.6) is 0 Å². The molecule has 0 aliphatic carbocycles. The molecule has 76 valence electrons. The predicted octanol–water partition coefficient (Wildman–Crippen LogP) is 1.02. The molecule has 1 aromatic heterocycles. The molecular weight excluding hydrogens is 196 g/mol. The van der Waals surface area contributed by atoms with Gasteiger partial charge in [-0.25, -0.2) is 0 Å². The van der Waals surface area contributed by atoms with Gasteiger partial charge >= 0.3 is 5.69 Å². The second kappa shape index (κ2) is 3.20. The third kappa shape index (κ3) is 1.20. The number of hydrogen-bond acceptors (Lipinski definition) is 3. The maximum Gasteiger partial charge on any atom is 0.321 e. The Hall–Kier alpha value is -2.17. The van der Waals surface area contributed by atoms with Crippen LogP contribution in [0.3, 0.4) is 0 Å². The summed E-state index contributed by atoms with van der Waals surface area (Å²) < 4.78 is 1.07. The SMILES string of the molecule is Cc1c(C=O)[n+](=O)c2ccccc2n1[O-]. The van der Waals surface area contributed by atoms with Gasteiger partial charge in [0, 0.05) is 11.0 Å². The number of rotatable bonds is 1. The van der Waals surface area contributed by atoms with Gasteiger partial charge in [0.1, 0.15) is 5.52 Å². The number of hydrogen-bond donors (Lipinski definition) is 0. The molecule has 0 atom stereocenters. The van der Waals surface area contributed by atoms with E-state index < -0.39 is 0 Å². The summed E-state index contributed by atoms with van der Waals surface area (Å²) in [5, 5.41) is 11.7. The standard InChI is InChI=1S/C10H8N2O3/c1-7-10(6-13)12(15)9-5-3-2-4-8(9)11(7)14/h2-6H,1H3. The molecule has 5 nitrogen and oxygen atoms in total. The Morgan fingerprint density at radius 3 is 2.73 bits per heavy atom. The number of fused-ring (bicyclic) bond motifs is 1. The van der Waals surface area contributed by atoms with Gasteiger partial charge in [0.25, 0.3) is 5.52 Å². The van der Waals surface area contributed by atoms with Crippen molar-refractivity contribution >= 4 is 17.3 Å². The van der Waals surface area contributed by atoms with Gasteiger partial charge in [-0.05, 0) is 13.0 Å². The summed E-state index contributed by atoms with van der Waals surface area (Å²) in [5.74, 6) is 0. The Morgan fingerprint density at radius 1 is 1.40 bits per heavy atom. The van der Waals surface area contributed by atoms with Crippen molar-refractivity contribution in [2.24, 2.45) is 0 Å². The average molecular weight is 204 g/mol. The van der Waals surface area contributed by atoms with E-state index in [2.05, 4.69) is 0 Å². The van der Waals surface area contributed by atoms with Gasteiger partial charge in [-0.15, -0.1) is 0 Å². The Labute approximate surface area is 84.8 Å². The number of carbonyl (C=O) groups excluding carboxylic acids is 1. The van der Waals surface area contributed by atoms with Gasteiger partial charge in [0.15, 0.2) is 0 Å².